The average molecular weight is 423 g/mol. The van der Waals surface area contributed by atoms with Gasteiger partial charge >= 0.3 is 0 Å². The number of methoxy groups -OCH3 is 1. The molecule has 0 saturated heterocycles. The molecule has 0 fully saturated rings. The number of thioether (sulfide) groups is 1. The number of anilines is 1. The largest absolute Gasteiger partial charge is 0.495 e. The molecule has 27 heavy (non-hydrogen) atoms. The van der Waals surface area contributed by atoms with Crippen LogP contribution >= 0.6 is 34.7 Å². The van der Waals surface area contributed by atoms with E-state index in [9.17, 15) is 9.18 Å². The molecule has 0 atom stereocenters. The molecule has 3 rings (SSSR count). The molecule has 0 spiro atoms. The first-order valence-electron chi connectivity index (χ1n) is 7.98. The summed E-state index contributed by atoms with van der Waals surface area (Å²) in [7, 11) is 1.54. The zero-order chi connectivity index (χ0) is 19.2. The second-order valence-electron chi connectivity index (χ2n) is 5.59. The smallest absolute Gasteiger partial charge is 0.230 e. The van der Waals surface area contributed by atoms with Crippen molar-refractivity contribution in [2.24, 2.45) is 0 Å². The Hall–Kier alpha value is -2.09. The number of amides is 1. The van der Waals surface area contributed by atoms with E-state index in [2.05, 4.69) is 10.3 Å². The summed E-state index contributed by atoms with van der Waals surface area (Å²) in [4.78, 5) is 16.7. The van der Waals surface area contributed by atoms with Crippen molar-refractivity contribution in [2.45, 2.75) is 16.5 Å². The van der Waals surface area contributed by atoms with Crippen molar-refractivity contribution in [3.63, 3.8) is 0 Å². The molecule has 1 N–H and O–H groups in total. The maximum atomic E-state index is 12.9. The minimum Gasteiger partial charge on any atom is -0.495 e. The molecule has 0 aliphatic carbocycles. The number of carbonyl (C=O) groups is 1. The number of halogens is 2. The zero-order valence-corrected chi connectivity index (χ0v) is 16.8. The van der Waals surface area contributed by atoms with Gasteiger partial charge in [0.2, 0.25) is 5.91 Å². The predicted molar refractivity (Wildman–Crippen MR) is 108 cm³/mol. The number of aromatic nitrogens is 1. The third-order valence-corrected chi connectivity index (χ3v) is 6.02. The molecule has 4 nitrogen and oxygen atoms in total. The van der Waals surface area contributed by atoms with E-state index in [4.69, 9.17) is 16.3 Å². The van der Waals surface area contributed by atoms with E-state index in [1.54, 1.807) is 42.1 Å². The molecule has 0 unspecified atom stereocenters. The lowest BCUT2D eigenvalue weighted by Crippen LogP contribution is -2.14. The summed E-state index contributed by atoms with van der Waals surface area (Å²) in [6.07, 6.45) is 0.178. The van der Waals surface area contributed by atoms with E-state index in [1.165, 1.54) is 30.6 Å². The highest BCUT2D eigenvalue weighted by atomic mass is 35.5. The Bertz CT molecular complexity index is 932. The molecule has 3 aromatic rings. The van der Waals surface area contributed by atoms with Gasteiger partial charge in [-0.3, -0.25) is 4.79 Å². The summed E-state index contributed by atoms with van der Waals surface area (Å²) in [5, 5.41) is 5.10. The van der Waals surface area contributed by atoms with Crippen molar-refractivity contribution in [3.8, 4) is 5.75 Å². The van der Waals surface area contributed by atoms with E-state index < -0.39 is 0 Å². The third kappa shape index (κ3) is 5.69. The molecular formula is C19H16ClFN2O2S2. The van der Waals surface area contributed by atoms with Crippen molar-refractivity contribution >= 4 is 46.3 Å². The normalized spacial score (nSPS) is 10.6. The number of hydrogen-bond acceptors (Lipinski definition) is 5. The first-order valence-corrected chi connectivity index (χ1v) is 10.2. The molecule has 0 saturated carbocycles. The van der Waals surface area contributed by atoms with Crippen molar-refractivity contribution < 1.29 is 13.9 Å². The quantitative estimate of drug-likeness (QED) is 0.516. The first kappa shape index (κ1) is 19.7. The van der Waals surface area contributed by atoms with Crippen LogP contribution in [0.5, 0.6) is 5.75 Å². The fourth-order valence-electron chi connectivity index (χ4n) is 2.28. The maximum Gasteiger partial charge on any atom is 0.230 e. The lowest BCUT2D eigenvalue weighted by atomic mass is 10.2. The predicted octanol–water partition coefficient (Wildman–Crippen LogP) is 5.42. The summed E-state index contributed by atoms with van der Waals surface area (Å²) >= 11 is 9.11. The van der Waals surface area contributed by atoms with Crippen molar-refractivity contribution in [1.82, 2.24) is 4.98 Å². The molecule has 140 valence electrons. The first-order chi connectivity index (χ1) is 13.0. The van der Waals surface area contributed by atoms with Crippen LogP contribution < -0.4 is 10.1 Å². The Labute approximate surface area is 169 Å². The van der Waals surface area contributed by atoms with E-state index in [0.717, 1.165) is 9.90 Å². The van der Waals surface area contributed by atoms with Gasteiger partial charge in [-0.05, 0) is 35.9 Å². The summed E-state index contributed by atoms with van der Waals surface area (Å²) < 4.78 is 18.9. The van der Waals surface area contributed by atoms with E-state index in [-0.39, 0.29) is 18.1 Å². The maximum absolute atomic E-state index is 12.9. The molecular weight excluding hydrogens is 407 g/mol. The van der Waals surface area contributed by atoms with Crippen LogP contribution in [0.15, 0.2) is 52.2 Å². The fourth-order valence-corrected chi connectivity index (χ4v) is 4.33. The van der Waals surface area contributed by atoms with Crippen LogP contribution in [0.25, 0.3) is 0 Å². The Balaban J connectivity index is 1.53. The Morgan fingerprint density at radius 2 is 2.07 bits per heavy atom. The Kier molecular flexibility index (Phi) is 6.71. The summed E-state index contributed by atoms with van der Waals surface area (Å²) in [5.41, 5.74) is 2.33. The van der Waals surface area contributed by atoms with Gasteiger partial charge in [-0.15, -0.1) is 11.3 Å². The zero-order valence-electron chi connectivity index (χ0n) is 14.4. The van der Waals surface area contributed by atoms with Crippen molar-refractivity contribution in [3.05, 3.63) is 69.9 Å². The van der Waals surface area contributed by atoms with E-state index in [1.807, 2.05) is 5.38 Å². The van der Waals surface area contributed by atoms with Gasteiger partial charge in [-0.1, -0.05) is 35.5 Å². The molecule has 0 bridgehead atoms. The topological polar surface area (TPSA) is 51.2 Å². The number of carbonyl (C=O) groups excluding carboxylic acids is 1. The van der Waals surface area contributed by atoms with E-state index in [0.29, 0.717) is 27.9 Å². The number of rotatable bonds is 7. The second-order valence-corrected chi connectivity index (χ2v) is 8.08. The van der Waals surface area contributed by atoms with Crippen LogP contribution in [0.1, 0.15) is 11.3 Å². The number of nitrogens with one attached hydrogen (secondary N) is 1. The Morgan fingerprint density at radius 1 is 1.30 bits per heavy atom. The van der Waals surface area contributed by atoms with Crippen LogP contribution in [0.4, 0.5) is 10.1 Å². The number of hydrogen-bond donors (Lipinski definition) is 1. The summed E-state index contributed by atoms with van der Waals surface area (Å²) in [6.45, 7) is 0. The number of benzene rings is 2. The standard InChI is InChI=1S/C19H16ClFN2O2S2/c1-25-17-7-6-14(8-16(17)20)22-18(24)9-15-11-27-19(23-15)26-10-12-2-4-13(21)5-3-12/h2-8,11H,9-10H2,1H3,(H,22,24). The van der Waals surface area contributed by atoms with Crippen LogP contribution in [0, 0.1) is 5.82 Å². The van der Waals surface area contributed by atoms with Gasteiger partial charge in [-0.2, -0.15) is 0 Å². The van der Waals surface area contributed by atoms with Crippen molar-refractivity contribution in [1.29, 1.82) is 0 Å². The highest BCUT2D eigenvalue weighted by Gasteiger charge is 2.10. The number of nitrogens with zero attached hydrogens (tertiary/aromatic N) is 1. The van der Waals surface area contributed by atoms with Gasteiger partial charge in [0.15, 0.2) is 0 Å². The molecule has 1 amide bonds. The molecule has 0 aliphatic rings. The third-order valence-electron chi connectivity index (χ3n) is 3.58. The molecule has 2 aromatic carbocycles. The molecule has 0 radical (unpaired) electrons. The number of ether oxygens (including phenoxy) is 1. The van der Waals surface area contributed by atoms with Crippen LogP contribution in [-0.4, -0.2) is 18.0 Å². The molecule has 1 heterocycles. The minimum absolute atomic E-state index is 0.170. The van der Waals surface area contributed by atoms with Gasteiger partial charge < -0.3 is 10.1 Å². The van der Waals surface area contributed by atoms with Gasteiger partial charge in [0.05, 0.1) is 24.2 Å². The monoisotopic (exact) mass is 422 g/mol. The SMILES string of the molecule is COc1ccc(NC(=O)Cc2csc(SCc3ccc(F)cc3)n2)cc1Cl. The van der Waals surface area contributed by atoms with Crippen LogP contribution in [0.2, 0.25) is 5.02 Å². The fraction of sp³-hybridized carbons (Fsp3) is 0.158. The molecule has 0 aliphatic heterocycles. The van der Waals surface area contributed by atoms with Gasteiger partial charge in [-0.25, -0.2) is 9.37 Å². The Morgan fingerprint density at radius 3 is 2.78 bits per heavy atom. The molecule has 8 heteroatoms. The lowest BCUT2D eigenvalue weighted by Gasteiger charge is -2.07. The summed E-state index contributed by atoms with van der Waals surface area (Å²) in [5.74, 6) is 0.835. The molecule has 1 aromatic heterocycles. The average Bonchev–Trinajstić information content (AvgIpc) is 3.08. The van der Waals surface area contributed by atoms with Crippen LogP contribution in [-0.2, 0) is 17.0 Å². The summed E-state index contributed by atoms with van der Waals surface area (Å²) in [6, 6.07) is 11.5. The minimum atomic E-state index is -0.246. The highest BCUT2D eigenvalue weighted by Crippen LogP contribution is 2.28. The highest BCUT2D eigenvalue weighted by molar-refractivity contribution is 8.00. The van der Waals surface area contributed by atoms with Gasteiger partial charge in [0.25, 0.3) is 0 Å². The number of thiazole rings is 1. The van der Waals surface area contributed by atoms with E-state index >= 15 is 0 Å². The van der Waals surface area contributed by atoms with Gasteiger partial charge in [0, 0.05) is 16.8 Å². The second kappa shape index (κ2) is 9.21. The lowest BCUT2D eigenvalue weighted by molar-refractivity contribution is -0.115. The van der Waals surface area contributed by atoms with Crippen molar-refractivity contribution in [2.75, 3.05) is 12.4 Å². The van der Waals surface area contributed by atoms with Crippen LogP contribution in [0.3, 0.4) is 0 Å². The van der Waals surface area contributed by atoms with Gasteiger partial charge in [0.1, 0.15) is 15.9 Å².